The van der Waals surface area contributed by atoms with Gasteiger partial charge in [0.2, 0.25) is 0 Å². The first-order valence-corrected chi connectivity index (χ1v) is 7.09. The maximum absolute atomic E-state index is 13.4. The van der Waals surface area contributed by atoms with Crippen molar-refractivity contribution in [1.82, 2.24) is 0 Å². The van der Waals surface area contributed by atoms with E-state index in [0.717, 1.165) is 17.5 Å². The van der Waals surface area contributed by atoms with Gasteiger partial charge in [0, 0.05) is 10.4 Å². The molecule has 0 bridgehead atoms. The Labute approximate surface area is 124 Å². The molecule has 0 heterocycles. The zero-order chi connectivity index (χ0) is 14.6. The molecule has 0 saturated heterocycles. The molecule has 0 fully saturated rings. The van der Waals surface area contributed by atoms with E-state index >= 15 is 0 Å². The van der Waals surface area contributed by atoms with Crippen LogP contribution in [0.3, 0.4) is 0 Å². The molecule has 0 aliphatic carbocycles. The number of halogens is 2. The molecule has 20 heavy (non-hydrogen) atoms. The lowest BCUT2D eigenvalue weighted by atomic mass is 9.74. The van der Waals surface area contributed by atoms with Crippen molar-refractivity contribution in [2.45, 2.75) is 25.2 Å². The maximum Gasteiger partial charge on any atom is 0.123 e. The lowest BCUT2D eigenvalue weighted by Crippen LogP contribution is -2.32. The van der Waals surface area contributed by atoms with Crippen molar-refractivity contribution in [3.63, 3.8) is 0 Å². The van der Waals surface area contributed by atoms with Gasteiger partial charge in [0.05, 0.1) is 6.61 Å². The maximum atomic E-state index is 13.4. The van der Waals surface area contributed by atoms with Crippen molar-refractivity contribution in [2.75, 3.05) is 6.61 Å². The highest BCUT2D eigenvalue weighted by atomic mass is 35.5. The van der Waals surface area contributed by atoms with Crippen LogP contribution in [0.1, 0.15) is 24.5 Å². The molecule has 1 nitrogen and oxygen atoms in total. The molecule has 0 spiro atoms. The normalized spacial score (nSPS) is 14.0. The number of hydrogen-bond acceptors (Lipinski definition) is 1. The van der Waals surface area contributed by atoms with Crippen molar-refractivity contribution >= 4 is 11.6 Å². The quantitative estimate of drug-likeness (QED) is 0.868. The van der Waals surface area contributed by atoms with Crippen LogP contribution in [0, 0.1) is 5.82 Å². The first-order chi connectivity index (χ1) is 9.61. The minimum Gasteiger partial charge on any atom is -0.395 e. The molecule has 0 radical (unpaired) electrons. The number of aliphatic hydroxyl groups is 1. The van der Waals surface area contributed by atoms with E-state index in [9.17, 15) is 9.50 Å². The Balaban J connectivity index is 2.42. The molecule has 0 saturated carbocycles. The minimum absolute atomic E-state index is 0.000353. The highest BCUT2D eigenvalue weighted by molar-refractivity contribution is 6.31. The number of hydrogen-bond donors (Lipinski definition) is 1. The molecule has 0 aromatic heterocycles. The third kappa shape index (κ3) is 3.02. The fourth-order valence-electron chi connectivity index (χ4n) is 2.53. The Kier molecular flexibility index (Phi) is 4.79. The van der Waals surface area contributed by atoms with Crippen LogP contribution in [0.15, 0.2) is 48.5 Å². The molecule has 3 heteroatoms. The highest BCUT2D eigenvalue weighted by Gasteiger charge is 2.30. The highest BCUT2D eigenvalue weighted by Crippen LogP contribution is 2.34. The zero-order valence-corrected chi connectivity index (χ0v) is 12.2. The second kappa shape index (κ2) is 6.38. The Bertz CT molecular complexity index is 564. The van der Waals surface area contributed by atoms with Gasteiger partial charge in [-0.15, -0.1) is 0 Å². The standard InChI is InChI=1S/C17H18ClFO/c1-2-17(12-20,14-6-4-3-5-7-14)11-13-10-15(19)8-9-16(13)18/h3-10,20H,2,11-12H2,1H3. The molecule has 106 valence electrons. The van der Waals surface area contributed by atoms with Gasteiger partial charge in [-0.2, -0.15) is 0 Å². The summed E-state index contributed by atoms with van der Waals surface area (Å²) in [6.45, 7) is 2.02. The number of benzene rings is 2. The predicted octanol–water partition coefficient (Wildman–Crippen LogP) is 4.36. The summed E-state index contributed by atoms with van der Waals surface area (Å²) in [5.41, 5.74) is 1.34. The summed E-state index contributed by atoms with van der Waals surface area (Å²) in [5.74, 6) is -0.305. The fourth-order valence-corrected chi connectivity index (χ4v) is 2.71. The van der Waals surface area contributed by atoms with E-state index in [-0.39, 0.29) is 12.4 Å². The average molecular weight is 293 g/mol. The number of aliphatic hydroxyl groups excluding tert-OH is 1. The van der Waals surface area contributed by atoms with Gasteiger partial charge in [0.15, 0.2) is 0 Å². The SMILES string of the molecule is CCC(CO)(Cc1cc(F)ccc1Cl)c1ccccc1. The monoisotopic (exact) mass is 292 g/mol. The van der Waals surface area contributed by atoms with E-state index in [1.54, 1.807) is 6.07 Å². The van der Waals surface area contributed by atoms with Gasteiger partial charge in [-0.1, -0.05) is 48.9 Å². The third-order valence-corrected chi connectivity index (χ3v) is 4.27. The van der Waals surface area contributed by atoms with E-state index in [2.05, 4.69) is 0 Å². The smallest absolute Gasteiger partial charge is 0.123 e. The molecule has 2 aromatic rings. The van der Waals surface area contributed by atoms with E-state index in [0.29, 0.717) is 11.4 Å². The molecule has 1 unspecified atom stereocenters. The van der Waals surface area contributed by atoms with Crippen LogP contribution in [-0.4, -0.2) is 11.7 Å². The summed E-state index contributed by atoms with van der Waals surface area (Å²) >= 11 is 6.16. The summed E-state index contributed by atoms with van der Waals surface area (Å²) in [6, 6.07) is 14.2. The van der Waals surface area contributed by atoms with Crippen molar-refractivity contribution in [1.29, 1.82) is 0 Å². The van der Waals surface area contributed by atoms with Crippen molar-refractivity contribution in [3.05, 3.63) is 70.5 Å². The Morgan fingerprint density at radius 2 is 1.85 bits per heavy atom. The zero-order valence-electron chi connectivity index (χ0n) is 11.4. The van der Waals surface area contributed by atoms with Gasteiger partial charge >= 0.3 is 0 Å². The molecule has 2 rings (SSSR count). The lowest BCUT2D eigenvalue weighted by molar-refractivity contribution is 0.186. The Hall–Kier alpha value is -1.38. The first-order valence-electron chi connectivity index (χ1n) is 6.71. The average Bonchev–Trinajstić information content (AvgIpc) is 2.49. The molecule has 0 aliphatic heterocycles. The van der Waals surface area contributed by atoms with E-state index < -0.39 is 5.41 Å². The van der Waals surface area contributed by atoms with Crippen LogP contribution >= 0.6 is 11.6 Å². The van der Waals surface area contributed by atoms with Gasteiger partial charge in [0.1, 0.15) is 5.82 Å². The topological polar surface area (TPSA) is 20.2 Å². The molecule has 1 atom stereocenters. The molecule has 0 aliphatic rings. The van der Waals surface area contributed by atoms with Crippen LogP contribution in [0.2, 0.25) is 5.02 Å². The van der Waals surface area contributed by atoms with Gasteiger partial charge < -0.3 is 5.11 Å². The molecular formula is C17H18ClFO. The second-order valence-electron chi connectivity index (χ2n) is 5.07. The Morgan fingerprint density at radius 1 is 1.15 bits per heavy atom. The summed E-state index contributed by atoms with van der Waals surface area (Å²) in [6.07, 6.45) is 1.26. The lowest BCUT2D eigenvalue weighted by Gasteiger charge is -2.32. The first kappa shape index (κ1) is 15.0. The van der Waals surface area contributed by atoms with Crippen LogP contribution < -0.4 is 0 Å². The van der Waals surface area contributed by atoms with E-state index in [1.807, 2.05) is 37.3 Å². The summed E-state index contributed by atoms with van der Waals surface area (Å²) in [7, 11) is 0. The Morgan fingerprint density at radius 3 is 2.45 bits per heavy atom. The van der Waals surface area contributed by atoms with E-state index in [1.165, 1.54) is 12.1 Å². The van der Waals surface area contributed by atoms with Gasteiger partial charge in [-0.05, 0) is 42.2 Å². The van der Waals surface area contributed by atoms with Crippen molar-refractivity contribution < 1.29 is 9.50 Å². The molecule has 1 N–H and O–H groups in total. The van der Waals surface area contributed by atoms with Crippen molar-refractivity contribution in [3.8, 4) is 0 Å². The molecule has 0 amide bonds. The predicted molar refractivity (Wildman–Crippen MR) is 80.6 cm³/mol. The fraction of sp³-hybridized carbons (Fsp3) is 0.294. The summed E-state index contributed by atoms with van der Waals surface area (Å²) < 4.78 is 13.4. The van der Waals surface area contributed by atoms with Crippen LogP contribution in [-0.2, 0) is 11.8 Å². The van der Waals surface area contributed by atoms with Gasteiger partial charge in [-0.3, -0.25) is 0 Å². The van der Waals surface area contributed by atoms with Crippen LogP contribution in [0.5, 0.6) is 0 Å². The van der Waals surface area contributed by atoms with Crippen molar-refractivity contribution in [2.24, 2.45) is 0 Å². The second-order valence-corrected chi connectivity index (χ2v) is 5.48. The van der Waals surface area contributed by atoms with E-state index in [4.69, 9.17) is 11.6 Å². The van der Waals surface area contributed by atoms with Crippen LogP contribution in [0.4, 0.5) is 4.39 Å². The summed E-state index contributed by atoms with van der Waals surface area (Å²) in [5, 5.41) is 10.5. The molecule has 2 aromatic carbocycles. The van der Waals surface area contributed by atoms with Gasteiger partial charge in [-0.25, -0.2) is 4.39 Å². The third-order valence-electron chi connectivity index (χ3n) is 3.90. The van der Waals surface area contributed by atoms with Crippen LogP contribution in [0.25, 0.3) is 0 Å². The largest absolute Gasteiger partial charge is 0.395 e. The van der Waals surface area contributed by atoms with Gasteiger partial charge in [0.25, 0.3) is 0 Å². The summed E-state index contributed by atoms with van der Waals surface area (Å²) in [4.78, 5) is 0. The number of rotatable bonds is 5. The molecular weight excluding hydrogens is 275 g/mol. The minimum atomic E-state index is -0.432.